The van der Waals surface area contributed by atoms with Crippen LogP contribution in [0.1, 0.15) is 22.9 Å². The van der Waals surface area contributed by atoms with Gasteiger partial charge in [-0.3, -0.25) is 9.59 Å². The Morgan fingerprint density at radius 1 is 1.18 bits per heavy atom. The van der Waals surface area contributed by atoms with E-state index in [4.69, 9.17) is 15.3 Å². The number of amides is 2. The maximum Gasteiger partial charge on any atom is 1.00 e. The van der Waals surface area contributed by atoms with Crippen molar-refractivity contribution in [1.29, 1.82) is 0 Å². The Balaban J connectivity index is 0.00000442. The number of ether oxygens (including phenoxy) is 1. The number of hydrogen-bond donors (Lipinski definition) is 2. The smallest absolute Gasteiger partial charge is 0.549 e. The van der Waals surface area contributed by atoms with Gasteiger partial charge in [0.05, 0.1) is 11.4 Å². The van der Waals surface area contributed by atoms with Crippen LogP contribution in [0.2, 0.25) is 0 Å². The van der Waals surface area contributed by atoms with E-state index in [1.807, 2.05) is 60.7 Å². The zero-order valence-corrected chi connectivity index (χ0v) is 27.2. The van der Waals surface area contributed by atoms with E-state index in [1.54, 1.807) is 0 Å². The van der Waals surface area contributed by atoms with Crippen molar-refractivity contribution in [1.82, 2.24) is 15.2 Å². The molecule has 2 fully saturated rings. The Kier molecular flexibility index (Phi) is 10.9. The first-order chi connectivity index (χ1) is 20.7. The second-order valence-corrected chi connectivity index (χ2v) is 11.7. The monoisotopic (exact) mass is 643 g/mol. The second-order valence-electron chi connectivity index (χ2n) is 9.74. The number of nitrogens with two attached hydrogens (primary N) is 1. The van der Waals surface area contributed by atoms with E-state index in [-0.39, 0.29) is 58.4 Å². The van der Waals surface area contributed by atoms with Gasteiger partial charge in [0, 0.05) is 17.7 Å². The summed E-state index contributed by atoms with van der Waals surface area (Å²) in [5.74, 6) is -3.18. The molecule has 2 amide bonds. The molecule has 0 radical (unpaired) electrons. The summed E-state index contributed by atoms with van der Waals surface area (Å²) in [6.45, 7) is 2.85. The number of carbonyl (C=O) groups excluding carboxylic acids is 4. The van der Waals surface area contributed by atoms with Crippen LogP contribution in [0.15, 0.2) is 83.9 Å². The normalized spacial score (nSPS) is 20.9. The first-order valence-electron chi connectivity index (χ1n) is 13.0. The molecular weight excluding hydrogens is 617 g/mol. The molecule has 2 aromatic carbocycles. The SMILES string of the molecule is C=CC1(C(=O)[O-])CS[C@@H]2C(NC(=O)C(=NOCC(=O)OC(c3ccccc3)c3ccccc3)c3csc(N)n3)C(=O)N2C1.[Na+]. The number of benzene rings is 2. The third-order valence-corrected chi connectivity index (χ3v) is 9.19. The van der Waals surface area contributed by atoms with E-state index >= 15 is 0 Å². The quantitative estimate of drug-likeness (QED) is 0.0600. The summed E-state index contributed by atoms with van der Waals surface area (Å²) in [5, 5.41) is 19.3. The van der Waals surface area contributed by atoms with Crippen LogP contribution < -0.4 is 45.7 Å². The number of β-lactam (4-membered cyclic amide) rings is 1. The molecule has 222 valence electrons. The fourth-order valence-corrected chi connectivity index (χ4v) is 6.71. The minimum Gasteiger partial charge on any atom is -0.549 e. The van der Waals surface area contributed by atoms with Gasteiger partial charge in [0.25, 0.3) is 5.91 Å². The number of nitrogens with zero attached hydrogens (tertiary/aromatic N) is 3. The van der Waals surface area contributed by atoms with Gasteiger partial charge in [0.1, 0.15) is 17.1 Å². The van der Waals surface area contributed by atoms with Crippen molar-refractivity contribution in [2.45, 2.75) is 17.5 Å². The second kappa shape index (κ2) is 14.4. The number of hydrogen-bond acceptors (Lipinski definition) is 12. The molecule has 5 rings (SSSR count). The van der Waals surface area contributed by atoms with E-state index in [0.717, 1.165) is 22.5 Å². The van der Waals surface area contributed by atoms with Crippen molar-refractivity contribution < 1.29 is 63.4 Å². The average Bonchev–Trinajstić information content (AvgIpc) is 3.46. The van der Waals surface area contributed by atoms with Crippen LogP contribution in [0.5, 0.6) is 0 Å². The Hall–Kier alpha value is -3.69. The molecule has 3 heterocycles. The van der Waals surface area contributed by atoms with Crippen molar-refractivity contribution in [2.24, 2.45) is 10.6 Å². The van der Waals surface area contributed by atoms with Crippen LogP contribution in [0.25, 0.3) is 0 Å². The number of thiazole rings is 1. The van der Waals surface area contributed by atoms with E-state index in [1.165, 1.54) is 28.1 Å². The van der Waals surface area contributed by atoms with Gasteiger partial charge < -0.3 is 35.4 Å². The number of carboxylic acids is 1. The zero-order valence-electron chi connectivity index (χ0n) is 23.6. The van der Waals surface area contributed by atoms with Gasteiger partial charge in [0.2, 0.25) is 12.5 Å². The van der Waals surface area contributed by atoms with Gasteiger partial charge in [-0.15, -0.1) is 29.7 Å². The van der Waals surface area contributed by atoms with Crippen molar-refractivity contribution in [3.63, 3.8) is 0 Å². The molecule has 2 aliphatic rings. The molecular formula is C29H26N5NaO7S2. The minimum atomic E-state index is -1.38. The topological polar surface area (TPSA) is 176 Å². The molecule has 3 atom stereocenters. The average molecular weight is 644 g/mol. The van der Waals surface area contributed by atoms with Crippen molar-refractivity contribution in [2.75, 3.05) is 24.6 Å². The van der Waals surface area contributed by atoms with Crippen LogP contribution in [-0.2, 0) is 28.8 Å². The summed E-state index contributed by atoms with van der Waals surface area (Å²) in [7, 11) is 0. The number of nitrogen functional groups attached to an aromatic ring is 1. The first-order valence-corrected chi connectivity index (χ1v) is 14.9. The molecule has 0 bridgehead atoms. The summed E-state index contributed by atoms with van der Waals surface area (Å²) < 4.78 is 5.71. The van der Waals surface area contributed by atoms with Gasteiger partial charge in [-0.25, -0.2) is 9.78 Å². The molecule has 12 nitrogen and oxygen atoms in total. The number of fused-ring (bicyclic) bond motifs is 1. The zero-order chi connectivity index (χ0) is 30.6. The van der Waals surface area contributed by atoms with Gasteiger partial charge >= 0.3 is 35.5 Å². The molecule has 2 aliphatic heterocycles. The number of thioether (sulfide) groups is 1. The van der Waals surface area contributed by atoms with Gasteiger partial charge in [-0.2, -0.15) is 0 Å². The Morgan fingerprint density at radius 2 is 1.82 bits per heavy atom. The summed E-state index contributed by atoms with van der Waals surface area (Å²) in [5.41, 5.74) is 5.68. The molecule has 15 heteroatoms. The van der Waals surface area contributed by atoms with Crippen LogP contribution in [-0.4, -0.2) is 69.7 Å². The molecule has 3 N–H and O–H groups in total. The number of esters is 1. The van der Waals surface area contributed by atoms with Gasteiger partial charge in [0.15, 0.2) is 16.9 Å². The number of rotatable bonds is 11. The first kappa shape index (κ1) is 33.2. The number of aromatic nitrogens is 1. The third-order valence-electron chi connectivity index (χ3n) is 6.96. The Morgan fingerprint density at radius 3 is 2.36 bits per heavy atom. The maximum atomic E-state index is 13.3. The Labute approximate surface area is 283 Å². The fraction of sp³-hybridized carbons (Fsp3) is 0.241. The number of carbonyl (C=O) groups is 4. The largest absolute Gasteiger partial charge is 1.00 e. The van der Waals surface area contributed by atoms with E-state index in [2.05, 4.69) is 22.0 Å². The molecule has 44 heavy (non-hydrogen) atoms. The summed E-state index contributed by atoms with van der Waals surface area (Å²) in [6, 6.07) is 17.5. The molecule has 0 spiro atoms. The molecule has 0 aliphatic carbocycles. The van der Waals surface area contributed by atoms with Crippen LogP contribution >= 0.6 is 23.1 Å². The molecule has 2 saturated heterocycles. The fourth-order valence-electron chi connectivity index (χ4n) is 4.63. The van der Waals surface area contributed by atoms with E-state index in [0.29, 0.717) is 0 Å². The molecule has 3 aromatic rings. The van der Waals surface area contributed by atoms with E-state index in [9.17, 15) is 24.3 Å². The number of oxime groups is 1. The van der Waals surface area contributed by atoms with Gasteiger partial charge in [-0.1, -0.05) is 71.9 Å². The molecule has 1 aromatic heterocycles. The number of anilines is 1. The van der Waals surface area contributed by atoms with Crippen LogP contribution in [0.4, 0.5) is 5.13 Å². The van der Waals surface area contributed by atoms with Crippen molar-refractivity contribution in [3.05, 3.63) is 95.5 Å². The maximum absolute atomic E-state index is 13.3. The van der Waals surface area contributed by atoms with Crippen LogP contribution in [0, 0.1) is 5.41 Å². The van der Waals surface area contributed by atoms with Crippen LogP contribution in [0.3, 0.4) is 0 Å². The predicted molar refractivity (Wildman–Crippen MR) is 157 cm³/mol. The molecule has 0 saturated carbocycles. The minimum absolute atomic E-state index is 0. The standard InChI is InChI=1S/C29H27N5O7S2.Na/c1-2-29(27(38)39)15-34-25(37)22(26(34)43-16-29)32-24(36)21(19-14-42-28(30)31-19)33-40-13-20(35)41-23(17-9-5-3-6-10-17)18-11-7-4-8-12-18;/h2-12,14,22-23,26H,1,13,15-16H2,(H2,30,31)(H,32,36)(H,38,39);/q;+1/p-1/t22?,26-,29?;/m1./s1. The van der Waals surface area contributed by atoms with Crippen molar-refractivity contribution in [3.8, 4) is 0 Å². The summed E-state index contributed by atoms with van der Waals surface area (Å²) >= 11 is 2.26. The van der Waals surface area contributed by atoms with Crippen molar-refractivity contribution >= 4 is 57.7 Å². The third kappa shape index (κ3) is 7.00. The van der Waals surface area contributed by atoms with Gasteiger partial charge in [-0.05, 0) is 11.1 Å². The molecule has 2 unspecified atom stereocenters. The summed E-state index contributed by atoms with van der Waals surface area (Å²) in [6.07, 6.45) is 0.577. The number of aliphatic carboxylic acids is 1. The summed E-state index contributed by atoms with van der Waals surface area (Å²) in [4.78, 5) is 61.3. The number of nitrogens with one attached hydrogen (secondary N) is 1. The van der Waals surface area contributed by atoms with E-state index < -0.39 is 53.3 Å². The Bertz CT molecular complexity index is 1530. The predicted octanol–water partition coefficient (Wildman–Crippen LogP) is -1.89. The number of carboxylic acid groups (broad SMARTS) is 1.